The Balaban J connectivity index is 2.39. The van der Waals surface area contributed by atoms with Crippen LogP contribution < -0.4 is 0 Å². The molecule has 2 rings (SSSR count). The molecule has 1 aliphatic heterocycles. The number of ether oxygens (including phenoxy) is 3. The summed E-state index contributed by atoms with van der Waals surface area (Å²) in [6, 6.07) is 0. The fraction of sp³-hybridized carbons (Fsp3) is 0.542. The maximum absolute atomic E-state index is 12.3. The first kappa shape index (κ1) is 23.6. The molecule has 30 heavy (non-hydrogen) atoms. The molecule has 0 bridgehead atoms. The Hall–Kier alpha value is -2.63. The summed E-state index contributed by atoms with van der Waals surface area (Å²) in [5.41, 5.74) is 3.48. The maximum atomic E-state index is 12.3. The molecule has 0 saturated carbocycles. The van der Waals surface area contributed by atoms with E-state index in [-0.39, 0.29) is 18.5 Å². The molecule has 0 aromatic rings. The van der Waals surface area contributed by atoms with Gasteiger partial charge in [-0.15, -0.1) is 0 Å². The molecule has 0 spiro atoms. The van der Waals surface area contributed by atoms with E-state index in [1.165, 1.54) is 19.4 Å². The van der Waals surface area contributed by atoms with Gasteiger partial charge in [-0.1, -0.05) is 30.4 Å². The van der Waals surface area contributed by atoms with E-state index in [9.17, 15) is 14.4 Å². The summed E-state index contributed by atoms with van der Waals surface area (Å²) in [5.74, 6) is -1.55. The van der Waals surface area contributed by atoms with Gasteiger partial charge in [-0.2, -0.15) is 0 Å². The first-order chi connectivity index (χ1) is 14.2. The molecule has 0 N–H and O–H groups in total. The van der Waals surface area contributed by atoms with E-state index in [4.69, 9.17) is 14.2 Å². The van der Waals surface area contributed by atoms with Crippen LogP contribution in [0.4, 0.5) is 0 Å². The van der Waals surface area contributed by atoms with E-state index in [1.807, 2.05) is 19.1 Å². The lowest BCUT2D eigenvalue weighted by atomic mass is 9.86. The lowest BCUT2D eigenvalue weighted by molar-refractivity contribution is -0.157. The van der Waals surface area contributed by atoms with Gasteiger partial charge in [-0.3, -0.25) is 9.59 Å². The van der Waals surface area contributed by atoms with Crippen molar-refractivity contribution in [2.24, 2.45) is 5.92 Å². The number of rotatable bonds is 3. The van der Waals surface area contributed by atoms with Crippen LogP contribution in [0.1, 0.15) is 59.8 Å². The highest BCUT2D eigenvalue weighted by Crippen LogP contribution is 2.36. The molecule has 0 amide bonds. The molecule has 0 aromatic carbocycles. The van der Waals surface area contributed by atoms with E-state index < -0.39 is 24.1 Å². The number of hydrogen-bond donors (Lipinski definition) is 0. The van der Waals surface area contributed by atoms with Crippen molar-refractivity contribution in [2.75, 3.05) is 6.61 Å². The Morgan fingerprint density at radius 3 is 2.47 bits per heavy atom. The Morgan fingerprint density at radius 1 is 1.10 bits per heavy atom. The highest BCUT2D eigenvalue weighted by molar-refractivity contribution is 5.91. The zero-order valence-electron chi connectivity index (χ0n) is 18.4. The Bertz CT molecular complexity index is 786. The fourth-order valence-corrected chi connectivity index (χ4v) is 3.75. The predicted octanol–water partition coefficient (Wildman–Crippen LogP) is 4.36. The van der Waals surface area contributed by atoms with Crippen LogP contribution in [0.2, 0.25) is 0 Å². The predicted molar refractivity (Wildman–Crippen MR) is 113 cm³/mol. The molecule has 2 aliphatic rings. The maximum Gasteiger partial charge on any atom is 0.334 e. The van der Waals surface area contributed by atoms with Crippen molar-refractivity contribution in [3.63, 3.8) is 0 Å². The lowest BCUT2D eigenvalue weighted by Crippen LogP contribution is -2.36. The fourth-order valence-electron chi connectivity index (χ4n) is 3.75. The van der Waals surface area contributed by atoms with Crippen LogP contribution >= 0.6 is 0 Å². The second-order valence-corrected chi connectivity index (χ2v) is 7.99. The first-order valence-corrected chi connectivity index (χ1v) is 10.4. The van der Waals surface area contributed by atoms with Crippen LogP contribution in [0.25, 0.3) is 0 Å². The van der Waals surface area contributed by atoms with Crippen molar-refractivity contribution in [3.8, 4) is 0 Å². The van der Waals surface area contributed by atoms with Crippen molar-refractivity contribution in [2.45, 2.75) is 72.0 Å². The minimum Gasteiger partial charge on any atom is -0.461 e. The van der Waals surface area contributed by atoms with Gasteiger partial charge in [0.15, 0.2) is 12.2 Å². The van der Waals surface area contributed by atoms with E-state index >= 15 is 0 Å². The molecule has 6 nitrogen and oxygen atoms in total. The number of carbonyl (C=O) groups excluding carboxylic acids is 3. The minimum absolute atomic E-state index is 0.215. The topological polar surface area (TPSA) is 78.9 Å². The van der Waals surface area contributed by atoms with Crippen LogP contribution in [-0.2, 0) is 28.6 Å². The Labute approximate surface area is 178 Å². The average molecular weight is 417 g/mol. The molecule has 164 valence electrons. The first-order valence-electron chi connectivity index (χ1n) is 10.4. The zero-order valence-corrected chi connectivity index (χ0v) is 18.4. The highest BCUT2D eigenvalue weighted by Gasteiger charge is 2.44. The summed E-state index contributed by atoms with van der Waals surface area (Å²) in [5, 5.41) is 0. The quantitative estimate of drug-likeness (QED) is 0.294. The number of hydrogen-bond acceptors (Lipinski definition) is 6. The van der Waals surface area contributed by atoms with Gasteiger partial charge in [-0.05, 0) is 57.1 Å². The molecular weight excluding hydrogens is 384 g/mol. The SMILES string of the molecule is C=C1C(=O)O[C@@H]2[C@@H]1C/C=C(\COC(C)=O)CC/C=C(/C)CC/C=C(\C)[C@@H]2OC(C)=O. The van der Waals surface area contributed by atoms with E-state index in [0.717, 1.165) is 36.8 Å². The molecule has 1 saturated heterocycles. The van der Waals surface area contributed by atoms with Crippen molar-refractivity contribution in [3.05, 3.63) is 47.1 Å². The molecule has 6 heteroatoms. The third-order valence-corrected chi connectivity index (χ3v) is 5.47. The second kappa shape index (κ2) is 11.0. The number of allylic oxidation sites excluding steroid dienone is 4. The van der Waals surface area contributed by atoms with Gasteiger partial charge in [0.2, 0.25) is 0 Å². The summed E-state index contributed by atoms with van der Waals surface area (Å²) in [7, 11) is 0. The summed E-state index contributed by atoms with van der Waals surface area (Å²) < 4.78 is 16.4. The third-order valence-electron chi connectivity index (χ3n) is 5.47. The molecular formula is C24H32O6. The summed E-state index contributed by atoms with van der Waals surface area (Å²) >= 11 is 0. The molecule has 1 heterocycles. The molecule has 0 radical (unpaired) electrons. The smallest absolute Gasteiger partial charge is 0.334 e. The highest BCUT2D eigenvalue weighted by atomic mass is 16.6. The van der Waals surface area contributed by atoms with Gasteiger partial charge in [0.1, 0.15) is 6.61 Å². The standard InChI is InChI=1S/C24H32O6/c1-15-8-6-10-16(2)22(29-19(5)26)23-21(17(3)24(27)30-23)13-12-20(11-7-9-15)14-28-18(4)25/h9-10,12,21-23H,3,6-8,11,13-14H2,1-2,4-5H3/b15-9-,16-10+,20-12-/t21-,22+,23-/m1/s1. The molecule has 0 aromatic heterocycles. The van der Waals surface area contributed by atoms with Gasteiger partial charge in [0, 0.05) is 25.3 Å². The van der Waals surface area contributed by atoms with E-state index in [0.29, 0.717) is 12.0 Å². The lowest BCUT2D eigenvalue weighted by Gasteiger charge is -2.27. The zero-order chi connectivity index (χ0) is 22.3. The number of fused-ring (bicyclic) bond motifs is 1. The van der Waals surface area contributed by atoms with Gasteiger partial charge >= 0.3 is 17.9 Å². The molecule has 0 unspecified atom stereocenters. The third kappa shape index (κ3) is 6.71. The molecule has 1 fully saturated rings. The average Bonchev–Trinajstić information content (AvgIpc) is 2.94. The number of esters is 3. The van der Waals surface area contributed by atoms with Gasteiger partial charge in [-0.25, -0.2) is 4.79 Å². The molecule has 3 atom stereocenters. The minimum atomic E-state index is -0.659. The Kier molecular flexibility index (Phi) is 8.63. The molecule has 1 aliphatic carbocycles. The van der Waals surface area contributed by atoms with Crippen LogP contribution in [0.5, 0.6) is 0 Å². The summed E-state index contributed by atoms with van der Waals surface area (Å²) in [6.45, 7) is 10.8. The van der Waals surface area contributed by atoms with Gasteiger partial charge < -0.3 is 14.2 Å². The van der Waals surface area contributed by atoms with Crippen LogP contribution in [0.15, 0.2) is 47.1 Å². The van der Waals surface area contributed by atoms with Crippen LogP contribution in [-0.4, -0.2) is 36.7 Å². The monoisotopic (exact) mass is 416 g/mol. The van der Waals surface area contributed by atoms with Crippen molar-refractivity contribution < 1.29 is 28.6 Å². The number of carbonyl (C=O) groups is 3. The van der Waals surface area contributed by atoms with Crippen LogP contribution in [0, 0.1) is 5.92 Å². The van der Waals surface area contributed by atoms with Crippen LogP contribution in [0.3, 0.4) is 0 Å². The van der Waals surface area contributed by atoms with Gasteiger partial charge in [0.05, 0.1) is 0 Å². The van der Waals surface area contributed by atoms with Crippen molar-refractivity contribution in [1.82, 2.24) is 0 Å². The van der Waals surface area contributed by atoms with Crippen molar-refractivity contribution in [1.29, 1.82) is 0 Å². The summed E-state index contributed by atoms with van der Waals surface area (Å²) in [6.07, 6.45) is 8.72. The van der Waals surface area contributed by atoms with E-state index in [1.54, 1.807) is 0 Å². The Morgan fingerprint density at radius 2 is 1.80 bits per heavy atom. The second-order valence-electron chi connectivity index (χ2n) is 7.99. The van der Waals surface area contributed by atoms with E-state index in [2.05, 4.69) is 19.6 Å². The normalized spacial score (nSPS) is 30.9. The van der Waals surface area contributed by atoms with Crippen molar-refractivity contribution >= 4 is 17.9 Å². The largest absolute Gasteiger partial charge is 0.461 e. The van der Waals surface area contributed by atoms with Gasteiger partial charge in [0.25, 0.3) is 0 Å². The summed E-state index contributed by atoms with van der Waals surface area (Å²) in [4.78, 5) is 35.3.